The van der Waals surface area contributed by atoms with Crippen molar-refractivity contribution in [1.82, 2.24) is 4.90 Å². The molecule has 0 bridgehead atoms. The molecule has 0 spiro atoms. The molecule has 0 radical (unpaired) electrons. The molecule has 0 saturated carbocycles. The lowest BCUT2D eigenvalue weighted by molar-refractivity contribution is 0.0270. The van der Waals surface area contributed by atoms with Crippen molar-refractivity contribution in [3.05, 3.63) is 28.0 Å². The Morgan fingerprint density at radius 3 is 2.65 bits per heavy atom. The molecule has 5 nitrogen and oxygen atoms in total. The number of hydrogen-bond acceptors (Lipinski definition) is 5. The molecule has 0 unspecified atom stereocenters. The third kappa shape index (κ3) is 4.82. The number of hydrogen-bond donors (Lipinski definition) is 0. The fraction of sp³-hybridized carbons (Fsp3) is 0.529. The van der Waals surface area contributed by atoms with Crippen molar-refractivity contribution in [2.45, 2.75) is 39.7 Å². The second-order valence-electron chi connectivity index (χ2n) is 6.33. The summed E-state index contributed by atoms with van der Waals surface area (Å²) in [6, 6.07) is 1.86. The van der Waals surface area contributed by atoms with Gasteiger partial charge in [0.1, 0.15) is 5.60 Å². The van der Waals surface area contributed by atoms with Crippen molar-refractivity contribution in [3.63, 3.8) is 0 Å². The third-order valence-electron chi connectivity index (χ3n) is 3.29. The molecule has 126 valence electrons. The molecule has 23 heavy (non-hydrogen) atoms. The number of rotatable bonds is 3. The van der Waals surface area contributed by atoms with Crippen molar-refractivity contribution < 1.29 is 19.1 Å². The lowest BCUT2D eigenvalue weighted by Gasteiger charge is -2.29. The smallest absolute Gasteiger partial charge is 0.410 e. The highest BCUT2D eigenvalue weighted by Gasteiger charge is 2.24. The fourth-order valence-electron chi connectivity index (χ4n) is 2.21. The van der Waals surface area contributed by atoms with Gasteiger partial charge in [-0.25, -0.2) is 9.59 Å². The summed E-state index contributed by atoms with van der Waals surface area (Å²) in [5, 5.41) is 1.81. The highest BCUT2D eigenvalue weighted by molar-refractivity contribution is 7.11. The number of amides is 1. The maximum absolute atomic E-state index is 12.0. The number of esters is 1. The molecule has 1 aromatic heterocycles. The highest BCUT2D eigenvalue weighted by atomic mass is 32.1. The van der Waals surface area contributed by atoms with Crippen molar-refractivity contribution in [3.8, 4) is 0 Å². The van der Waals surface area contributed by atoms with Gasteiger partial charge in [-0.15, -0.1) is 11.3 Å². The minimum atomic E-state index is -0.483. The monoisotopic (exact) mass is 337 g/mol. The van der Waals surface area contributed by atoms with E-state index in [4.69, 9.17) is 9.47 Å². The molecule has 1 aliphatic heterocycles. The Kier molecular flexibility index (Phi) is 5.46. The van der Waals surface area contributed by atoms with Gasteiger partial charge in [-0.1, -0.05) is 6.08 Å². The zero-order valence-electron chi connectivity index (χ0n) is 14.0. The van der Waals surface area contributed by atoms with E-state index in [-0.39, 0.29) is 12.1 Å². The first-order valence-corrected chi connectivity index (χ1v) is 8.61. The van der Waals surface area contributed by atoms with Gasteiger partial charge >= 0.3 is 12.1 Å². The molecule has 2 rings (SSSR count). The predicted octanol–water partition coefficient (Wildman–Crippen LogP) is 3.95. The lowest BCUT2D eigenvalue weighted by atomic mass is 10.1. The zero-order valence-corrected chi connectivity index (χ0v) is 14.9. The van der Waals surface area contributed by atoms with E-state index in [0.29, 0.717) is 25.3 Å². The summed E-state index contributed by atoms with van der Waals surface area (Å²) in [6.45, 7) is 8.89. The predicted molar refractivity (Wildman–Crippen MR) is 90.7 cm³/mol. The van der Waals surface area contributed by atoms with Gasteiger partial charge in [0.05, 0.1) is 12.2 Å². The second-order valence-corrected chi connectivity index (χ2v) is 7.24. The largest absolute Gasteiger partial charge is 0.462 e. The van der Waals surface area contributed by atoms with Crippen LogP contribution in [0.5, 0.6) is 0 Å². The van der Waals surface area contributed by atoms with Crippen LogP contribution in [0.4, 0.5) is 4.79 Å². The maximum Gasteiger partial charge on any atom is 0.410 e. The van der Waals surface area contributed by atoms with E-state index in [1.807, 2.05) is 38.3 Å². The summed E-state index contributed by atoms with van der Waals surface area (Å²) < 4.78 is 10.4. The van der Waals surface area contributed by atoms with Gasteiger partial charge in [-0.05, 0) is 45.8 Å². The van der Waals surface area contributed by atoms with Gasteiger partial charge < -0.3 is 14.4 Å². The first-order valence-electron chi connectivity index (χ1n) is 7.73. The first kappa shape index (κ1) is 17.5. The van der Waals surface area contributed by atoms with Crippen molar-refractivity contribution in [2.75, 3.05) is 19.7 Å². The van der Waals surface area contributed by atoms with E-state index in [1.165, 1.54) is 11.3 Å². The first-order chi connectivity index (χ1) is 10.8. The van der Waals surface area contributed by atoms with Crippen LogP contribution in [-0.2, 0) is 9.47 Å². The zero-order chi connectivity index (χ0) is 17.0. The third-order valence-corrected chi connectivity index (χ3v) is 4.29. The Balaban J connectivity index is 1.99. The van der Waals surface area contributed by atoms with Gasteiger partial charge in [0, 0.05) is 23.3 Å². The fourth-order valence-corrected chi connectivity index (χ4v) is 3.16. The molecule has 0 fully saturated rings. The van der Waals surface area contributed by atoms with Gasteiger partial charge in [0.15, 0.2) is 0 Å². The van der Waals surface area contributed by atoms with E-state index < -0.39 is 5.60 Å². The Labute approximate surface area is 140 Å². The summed E-state index contributed by atoms with van der Waals surface area (Å²) in [7, 11) is 0. The van der Waals surface area contributed by atoms with Gasteiger partial charge in [-0.3, -0.25) is 0 Å². The van der Waals surface area contributed by atoms with E-state index >= 15 is 0 Å². The standard InChI is InChI=1S/C17H23NO4S/c1-5-21-15(19)13-10-14(23-11-13)12-6-8-18(9-7-12)16(20)22-17(2,3)4/h6,10-11H,5,7-9H2,1-4H3. The molecule has 0 saturated heterocycles. The number of nitrogens with zero attached hydrogens (tertiary/aromatic N) is 1. The summed E-state index contributed by atoms with van der Waals surface area (Å²) in [5.74, 6) is -0.290. The summed E-state index contributed by atoms with van der Waals surface area (Å²) in [5.41, 5.74) is 1.26. The average molecular weight is 337 g/mol. The van der Waals surface area contributed by atoms with E-state index in [2.05, 4.69) is 0 Å². The number of carbonyl (C=O) groups is 2. The van der Waals surface area contributed by atoms with Crippen molar-refractivity contribution in [2.24, 2.45) is 0 Å². The van der Waals surface area contributed by atoms with Crippen LogP contribution in [0.3, 0.4) is 0 Å². The molecule has 0 N–H and O–H groups in total. The Morgan fingerprint density at radius 1 is 1.35 bits per heavy atom. The van der Waals surface area contributed by atoms with Crippen molar-refractivity contribution >= 4 is 29.0 Å². The maximum atomic E-state index is 12.0. The highest BCUT2D eigenvalue weighted by Crippen LogP contribution is 2.29. The van der Waals surface area contributed by atoms with Crippen LogP contribution in [0.25, 0.3) is 5.57 Å². The van der Waals surface area contributed by atoms with E-state index in [0.717, 1.165) is 16.9 Å². The van der Waals surface area contributed by atoms with Crippen LogP contribution in [-0.4, -0.2) is 42.3 Å². The second kappa shape index (κ2) is 7.17. The number of ether oxygens (including phenoxy) is 2. The Morgan fingerprint density at radius 2 is 2.09 bits per heavy atom. The summed E-state index contributed by atoms with van der Waals surface area (Å²) in [4.78, 5) is 26.5. The van der Waals surface area contributed by atoms with Crippen LogP contribution in [0, 0.1) is 0 Å². The molecule has 1 aromatic rings. The van der Waals surface area contributed by atoms with Crippen LogP contribution < -0.4 is 0 Å². The molecular formula is C17H23NO4S. The molecule has 0 aromatic carbocycles. The average Bonchev–Trinajstić information content (AvgIpc) is 2.96. The Hall–Kier alpha value is -1.82. The van der Waals surface area contributed by atoms with Gasteiger partial charge in [0.2, 0.25) is 0 Å². The molecule has 0 atom stereocenters. The van der Waals surface area contributed by atoms with Crippen LogP contribution in [0.15, 0.2) is 17.5 Å². The Bertz CT molecular complexity index is 612. The van der Waals surface area contributed by atoms with Gasteiger partial charge in [-0.2, -0.15) is 0 Å². The molecule has 1 aliphatic rings. The van der Waals surface area contributed by atoms with E-state index in [1.54, 1.807) is 11.8 Å². The lowest BCUT2D eigenvalue weighted by Crippen LogP contribution is -2.39. The summed E-state index contributed by atoms with van der Waals surface area (Å²) >= 11 is 1.53. The minimum absolute atomic E-state index is 0.286. The summed E-state index contributed by atoms with van der Waals surface area (Å²) in [6.07, 6.45) is 2.49. The topological polar surface area (TPSA) is 55.8 Å². The van der Waals surface area contributed by atoms with Crippen LogP contribution in [0.1, 0.15) is 49.4 Å². The van der Waals surface area contributed by atoms with Gasteiger partial charge in [0.25, 0.3) is 0 Å². The van der Waals surface area contributed by atoms with Crippen molar-refractivity contribution in [1.29, 1.82) is 0 Å². The van der Waals surface area contributed by atoms with E-state index in [9.17, 15) is 9.59 Å². The molecule has 1 amide bonds. The molecule has 0 aliphatic carbocycles. The number of carbonyl (C=O) groups excluding carboxylic acids is 2. The molecule has 2 heterocycles. The molecule has 6 heteroatoms. The quantitative estimate of drug-likeness (QED) is 0.784. The minimum Gasteiger partial charge on any atom is -0.462 e. The number of thiophene rings is 1. The molecular weight excluding hydrogens is 314 g/mol. The van der Waals surface area contributed by atoms with Crippen LogP contribution in [0.2, 0.25) is 0 Å². The van der Waals surface area contributed by atoms with Crippen LogP contribution >= 0.6 is 11.3 Å². The normalized spacial score (nSPS) is 15.1. The SMILES string of the molecule is CCOC(=O)c1csc(C2=CCN(C(=O)OC(C)(C)C)CC2)c1.